The van der Waals surface area contributed by atoms with Gasteiger partial charge in [-0.2, -0.15) is 4.31 Å². The Morgan fingerprint density at radius 1 is 1.14 bits per heavy atom. The van der Waals surface area contributed by atoms with Gasteiger partial charge < -0.3 is 9.64 Å². The molecule has 0 fully saturated rings. The van der Waals surface area contributed by atoms with Gasteiger partial charge in [0.05, 0.1) is 17.6 Å². The minimum absolute atomic E-state index is 0.145. The quantitative estimate of drug-likeness (QED) is 0.547. The zero-order valence-electron chi connectivity index (χ0n) is 16.8. The lowest BCUT2D eigenvalue weighted by Gasteiger charge is -2.26. The molecule has 1 heterocycles. The first kappa shape index (κ1) is 22.5. The molecule has 154 valence electrons. The minimum atomic E-state index is -3.78. The average Bonchev–Trinajstić information content (AvgIpc) is 3.20. The fourth-order valence-electron chi connectivity index (χ4n) is 2.92. The summed E-state index contributed by atoms with van der Waals surface area (Å²) in [5.74, 6) is -0.551. The molecule has 2 aromatic rings. The van der Waals surface area contributed by atoms with Crippen molar-refractivity contribution in [3.63, 3.8) is 0 Å². The Balaban J connectivity index is 2.40. The van der Waals surface area contributed by atoms with Gasteiger partial charge in [-0.15, -0.1) is 11.3 Å². The predicted octanol–water partition coefficient (Wildman–Crippen LogP) is 3.38. The number of methoxy groups -OCH3 is 1. The van der Waals surface area contributed by atoms with Crippen molar-refractivity contribution in [2.75, 3.05) is 33.3 Å². The molecule has 0 spiro atoms. The molecule has 0 unspecified atom stereocenters. The number of nitrogens with zero attached hydrogens (tertiary/aromatic N) is 2. The van der Waals surface area contributed by atoms with Gasteiger partial charge in [-0.25, -0.2) is 13.2 Å². The standard InChI is InChI=1S/C20H28N2O4S2/c1-5-21(6-2)11-12-22(15-18-8-7-13-27-18)28(24,25)19-14-17(20(23)26-4)10-9-16(19)3/h7-10,13-14H,5-6,11-12,15H2,1-4H3. The smallest absolute Gasteiger partial charge is 0.337 e. The summed E-state index contributed by atoms with van der Waals surface area (Å²) in [6.07, 6.45) is 0. The molecule has 6 nitrogen and oxygen atoms in total. The maximum absolute atomic E-state index is 13.5. The van der Waals surface area contributed by atoms with E-state index in [1.54, 1.807) is 19.1 Å². The number of hydrogen-bond donors (Lipinski definition) is 0. The number of carbonyl (C=O) groups excluding carboxylic acids is 1. The van der Waals surface area contributed by atoms with Crippen LogP contribution in [0.15, 0.2) is 40.6 Å². The van der Waals surface area contributed by atoms with E-state index in [0.29, 0.717) is 25.2 Å². The molecule has 1 aromatic heterocycles. The van der Waals surface area contributed by atoms with Crippen molar-refractivity contribution in [2.24, 2.45) is 0 Å². The molecule has 1 aromatic carbocycles. The summed E-state index contributed by atoms with van der Waals surface area (Å²) in [5.41, 5.74) is 0.832. The molecular weight excluding hydrogens is 396 g/mol. The number of carbonyl (C=O) groups is 1. The number of benzene rings is 1. The molecule has 0 saturated carbocycles. The van der Waals surface area contributed by atoms with Crippen LogP contribution in [-0.4, -0.2) is 56.9 Å². The van der Waals surface area contributed by atoms with Crippen molar-refractivity contribution in [1.82, 2.24) is 9.21 Å². The van der Waals surface area contributed by atoms with Gasteiger partial charge >= 0.3 is 5.97 Å². The number of thiophene rings is 1. The molecule has 28 heavy (non-hydrogen) atoms. The van der Waals surface area contributed by atoms with Crippen molar-refractivity contribution < 1.29 is 17.9 Å². The Labute approximate surface area is 171 Å². The van der Waals surface area contributed by atoms with Gasteiger partial charge in [0.25, 0.3) is 0 Å². The van der Waals surface area contributed by atoms with Crippen LogP contribution in [0.1, 0.15) is 34.6 Å². The van der Waals surface area contributed by atoms with Crippen LogP contribution < -0.4 is 0 Å². The number of sulfonamides is 1. The third-order valence-electron chi connectivity index (χ3n) is 4.70. The van der Waals surface area contributed by atoms with E-state index < -0.39 is 16.0 Å². The molecule has 0 atom stereocenters. The minimum Gasteiger partial charge on any atom is -0.465 e. The van der Waals surface area contributed by atoms with Crippen molar-refractivity contribution in [2.45, 2.75) is 32.2 Å². The third kappa shape index (κ3) is 5.41. The summed E-state index contributed by atoms with van der Waals surface area (Å²) in [7, 11) is -2.50. The van der Waals surface area contributed by atoms with E-state index in [4.69, 9.17) is 4.74 Å². The van der Waals surface area contributed by atoms with Gasteiger partial charge in [0.2, 0.25) is 10.0 Å². The van der Waals surface area contributed by atoms with Crippen LogP contribution in [0.4, 0.5) is 0 Å². The van der Waals surface area contributed by atoms with E-state index in [2.05, 4.69) is 18.7 Å². The Morgan fingerprint density at radius 3 is 2.43 bits per heavy atom. The molecule has 0 saturated heterocycles. The number of likely N-dealkylation sites (N-methyl/N-ethyl adjacent to an activating group) is 1. The van der Waals surface area contributed by atoms with Crippen molar-refractivity contribution in [3.05, 3.63) is 51.7 Å². The van der Waals surface area contributed by atoms with Crippen molar-refractivity contribution >= 4 is 27.3 Å². The van der Waals surface area contributed by atoms with Gasteiger partial charge in [0, 0.05) is 24.5 Å². The normalized spacial score (nSPS) is 11.9. The summed E-state index contributed by atoms with van der Waals surface area (Å²) in [5, 5.41) is 1.94. The maximum atomic E-state index is 13.5. The topological polar surface area (TPSA) is 66.9 Å². The highest BCUT2D eigenvalue weighted by Gasteiger charge is 2.28. The predicted molar refractivity (Wildman–Crippen MR) is 112 cm³/mol. The Hall–Kier alpha value is -1.74. The van der Waals surface area contributed by atoms with Crippen molar-refractivity contribution in [1.29, 1.82) is 0 Å². The summed E-state index contributed by atoms with van der Waals surface area (Å²) >= 11 is 1.53. The number of ether oxygens (including phenoxy) is 1. The Kier molecular flexibility index (Phi) is 8.18. The van der Waals surface area contributed by atoms with Crippen LogP contribution >= 0.6 is 11.3 Å². The second-order valence-electron chi connectivity index (χ2n) is 6.42. The van der Waals surface area contributed by atoms with E-state index in [1.807, 2.05) is 17.5 Å². The summed E-state index contributed by atoms with van der Waals surface area (Å²) in [6.45, 7) is 8.92. The van der Waals surface area contributed by atoms with Crippen LogP contribution in [0.2, 0.25) is 0 Å². The fourth-order valence-corrected chi connectivity index (χ4v) is 5.38. The first-order valence-electron chi connectivity index (χ1n) is 9.27. The average molecular weight is 425 g/mol. The van der Waals surface area contributed by atoms with Gasteiger partial charge in [-0.3, -0.25) is 0 Å². The van der Waals surface area contributed by atoms with E-state index in [1.165, 1.54) is 28.8 Å². The molecule has 8 heteroatoms. The maximum Gasteiger partial charge on any atom is 0.337 e. The van der Waals surface area contributed by atoms with Gasteiger partial charge in [-0.05, 0) is 49.2 Å². The Morgan fingerprint density at radius 2 is 1.86 bits per heavy atom. The molecule has 0 amide bonds. The second-order valence-corrected chi connectivity index (χ2v) is 9.36. The number of rotatable bonds is 10. The van der Waals surface area contributed by atoms with Crippen molar-refractivity contribution in [3.8, 4) is 0 Å². The van der Waals surface area contributed by atoms with Crippen LogP contribution in [0, 0.1) is 6.92 Å². The highest BCUT2D eigenvalue weighted by atomic mass is 32.2. The molecule has 2 rings (SSSR count). The van der Waals surface area contributed by atoms with Crippen LogP contribution in [-0.2, 0) is 21.3 Å². The zero-order valence-corrected chi connectivity index (χ0v) is 18.5. The van der Waals surface area contributed by atoms with Gasteiger partial charge in [-0.1, -0.05) is 26.0 Å². The first-order chi connectivity index (χ1) is 13.3. The van der Waals surface area contributed by atoms with E-state index in [0.717, 1.165) is 18.0 Å². The van der Waals surface area contributed by atoms with Gasteiger partial charge in [0.15, 0.2) is 0 Å². The van der Waals surface area contributed by atoms with E-state index in [-0.39, 0.29) is 10.5 Å². The summed E-state index contributed by atoms with van der Waals surface area (Å²) < 4.78 is 33.2. The van der Waals surface area contributed by atoms with Crippen LogP contribution in [0.3, 0.4) is 0 Å². The second kappa shape index (κ2) is 10.2. The molecule has 0 aliphatic carbocycles. The van der Waals surface area contributed by atoms with E-state index >= 15 is 0 Å². The number of aryl methyl sites for hydroxylation is 1. The molecule has 0 aliphatic heterocycles. The molecule has 0 bridgehead atoms. The summed E-state index contributed by atoms with van der Waals surface area (Å²) in [4.78, 5) is 15.2. The lowest BCUT2D eigenvalue weighted by molar-refractivity contribution is 0.0600. The molecule has 0 N–H and O–H groups in total. The SMILES string of the molecule is CCN(CC)CCN(Cc1cccs1)S(=O)(=O)c1cc(C(=O)OC)ccc1C. The van der Waals surface area contributed by atoms with E-state index in [9.17, 15) is 13.2 Å². The van der Waals surface area contributed by atoms with Gasteiger partial charge in [0.1, 0.15) is 0 Å². The lowest BCUT2D eigenvalue weighted by Crippen LogP contribution is -2.38. The third-order valence-corrected chi connectivity index (χ3v) is 7.55. The largest absolute Gasteiger partial charge is 0.465 e. The molecule has 0 aliphatic rings. The van der Waals surface area contributed by atoms with Crippen LogP contribution in [0.5, 0.6) is 0 Å². The lowest BCUT2D eigenvalue weighted by atomic mass is 10.1. The van der Waals surface area contributed by atoms with Crippen LogP contribution in [0.25, 0.3) is 0 Å². The fraction of sp³-hybridized carbons (Fsp3) is 0.450. The molecule has 0 radical (unpaired) electrons. The zero-order chi connectivity index (χ0) is 20.7. The monoisotopic (exact) mass is 424 g/mol. The number of hydrogen-bond acceptors (Lipinski definition) is 6. The first-order valence-corrected chi connectivity index (χ1v) is 11.6. The number of esters is 1. The highest BCUT2D eigenvalue weighted by Crippen LogP contribution is 2.24. The molecular formula is C20H28N2O4S2. The Bertz CT molecular complexity index is 876. The summed E-state index contributed by atoms with van der Waals surface area (Å²) in [6, 6.07) is 8.49. The highest BCUT2D eigenvalue weighted by molar-refractivity contribution is 7.89.